The van der Waals surface area contributed by atoms with E-state index in [1.54, 1.807) is 48.6 Å². The molecule has 3 rings (SSSR count). The minimum absolute atomic E-state index is 0.190. The molecule has 0 aliphatic heterocycles. The zero-order valence-corrected chi connectivity index (χ0v) is 20.1. The topological polar surface area (TPSA) is 123 Å². The molecular formula is C26H24N2O8. The number of nitrogens with zero attached hydrogens (tertiary/aromatic N) is 2. The Morgan fingerprint density at radius 3 is 1.14 bits per heavy atom. The van der Waals surface area contributed by atoms with E-state index >= 15 is 0 Å². The number of nitro groups is 2. The highest BCUT2D eigenvalue weighted by Crippen LogP contribution is 2.33. The molecule has 0 aliphatic carbocycles. The first-order chi connectivity index (χ1) is 17.3. The summed E-state index contributed by atoms with van der Waals surface area (Å²) in [4.78, 5) is 22.1. The molecular weight excluding hydrogens is 468 g/mol. The fourth-order valence-electron chi connectivity index (χ4n) is 3.42. The zero-order valence-electron chi connectivity index (χ0n) is 20.1. The molecule has 0 unspecified atom stereocenters. The van der Waals surface area contributed by atoms with Gasteiger partial charge in [-0.05, 0) is 53.6 Å². The lowest BCUT2D eigenvalue weighted by Gasteiger charge is -2.07. The molecule has 10 nitrogen and oxygen atoms in total. The van der Waals surface area contributed by atoms with Crippen molar-refractivity contribution in [3.05, 3.63) is 91.0 Å². The van der Waals surface area contributed by atoms with Crippen molar-refractivity contribution in [1.82, 2.24) is 0 Å². The highest BCUT2D eigenvalue weighted by atomic mass is 16.6. The summed E-state index contributed by atoms with van der Waals surface area (Å²) in [6.07, 6.45) is 6.31. The molecule has 0 atom stereocenters. The summed E-state index contributed by atoms with van der Waals surface area (Å²) in [5.41, 5.74) is 0.922. The Labute approximate surface area is 207 Å². The molecule has 0 aliphatic rings. The van der Waals surface area contributed by atoms with Crippen LogP contribution in [0.25, 0.3) is 24.3 Å². The Balaban J connectivity index is 2.09. The summed E-state index contributed by atoms with van der Waals surface area (Å²) in [5.74, 6) is 2.18. The van der Waals surface area contributed by atoms with E-state index in [-0.39, 0.29) is 11.1 Å². The van der Waals surface area contributed by atoms with Gasteiger partial charge < -0.3 is 18.9 Å². The van der Waals surface area contributed by atoms with E-state index in [0.717, 1.165) is 6.07 Å². The van der Waals surface area contributed by atoms with Crippen LogP contribution in [0.2, 0.25) is 0 Å². The van der Waals surface area contributed by atoms with E-state index < -0.39 is 21.2 Å². The monoisotopic (exact) mass is 492 g/mol. The molecule has 0 bridgehead atoms. The summed E-state index contributed by atoms with van der Waals surface area (Å²) in [7, 11) is 6.06. The number of nitro benzene ring substituents is 2. The van der Waals surface area contributed by atoms with Gasteiger partial charge in [0.05, 0.1) is 55.5 Å². The summed E-state index contributed by atoms with van der Waals surface area (Å²) in [6, 6.07) is 12.7. The second kappa shape index (κ2) is 11.5. The van der Waals surface area contributed by atoms with E-state index in [4.69, 9.17) is 18.9 Å². The van der Waals surface area contributed by atoms with Crippen LogP contribution in [-0.2, 0) is 0 Å². The predicted octanol–water partition coefficient (Wildman–Crippen LogP) is 5.88. The number of methoxy groups -OCH3 is 4. The summed E-state index contributed by atoms with van der Waals surface area (Å²) in [5, 5.41) is 23.4. The molecule has 0 spiro atoms. The van der Waals surface area contributed by atoms with E-state index in [1.807, 2.05) is 0 Å². The maximum absolute atomic E-state index is 11.7. The van der Waals surface area contributed by atoms with Gasteiger partial charge in [-0.3, -0.25) is 20.2 Å². The van der Waals surface area contributed by atoms with Gasteiger partial charge >= 0.3 is 0 Å². The molecule has 0 aromatic heterocycles. The smallest absolute Gasteiger partial charge is 0.283 e. The van der Waals surface area contributed by atoms with Gasteiger partial charge in [0.2, 0.25) is 0 Å². The molecule has 36 heavy (non-hydrogen) atoms. The number of ether oxygens (including phenoxy) is 4. The van der Waals surface area contributed by atoms with Gasteiger partial charge in [0.15, 0.2) is 0 Å². The fraction of sp³-hybridized carbons (Fsp3) is 0.154. The Hall–Kier alpha value is -4.86. The van der Waals surface area contributed by atoms with Crippen LogP contribution in [0.15, 0.2) is 48.5 Å². The lowest BCUT2D eigenvalue weighted by Crippen LogP contribution is -1.98. The minimum atomic E-state index is -0.654. The van der Waals surface area contributed by atoms with Crippen LogP contribution in [-0.4, -0.2) is 38.3 Å². The van der Waals surface area contributed by atoms with Crippen molar-refractivity contribution >= 4 is 35.7 Å². The molecule has 3 aromatic carbocycles. The van der Waals surface area contributed by atoms with Crippen molar-refractivity contribution in [2.45, 2.75) is 0 Å². The molecule has 0 radical (unpaired) electrons. The lowest BCUT2D eigenvalue weighted by molar-refractivity contribution is -0.394. The Bertz CT molecular complexity index is 1200. The van der Waals surface area contributed by atoms with Crippen molar-refractivity contribution in [3.63, 3.8) is 0 Å². The van der Waals surface area contributed by atoms with Crippen LogP contribution in [0, 0.1) is 20.2 Å². The number of hydrogen-bond acceptors (Lipinski definition) is 8. The molecule has 0 amide bonds. The van der Waals surface area contributed by atoms with Crippen LogP contribution >= 0.6 is 0 Å². The first-order valence-corrected chi connectivity index (χ1v) is 10.6. The molecule has 3 aromatic rings. The second-order valence-electron chi connectivity index (χ2n) is 7.44. The van der Waals surface area contributed by atoms with Crippen molar-refractivity contribution in [3.8, 4) is 23.0 Å². The average molecular weight is 492 g/mol. The average Bonchev–Trinajstić information content (AvgIpc) is 2.89. The van der Waals surface area contributed by atoms with Gasteiger partial charge in [0, 0.05) is 12.1 Å². The normalized spacial score (nSPS) is 11.0. The molecule has 0 fully saturated rings. The highest BCUT2D eigenvalue weighted by molar-refractivity contribution is 5.82. The quantitative estimate of drug-likeness (QED) is 0.195. The summed E-state index contributed by atoms with van der Waals surface area (Å²) >= 11 is 0. The SMILES string of the molecule is COc1cc(/C=C/c2cc(/C=C/c3cc(OC)cc(OC)c3)c([N+](=O)[O-])cc2[N+](=O)[O-])cc(OC)c1. The van der Waals surface area contributed by atoms with Crippen LogP contribution in [0.1, 0.15) is 22.3 Å². The molecule has 0 heterocycles. The van der Waals surface area contributed by atoms with Gasteiger partial charge in [-0.15, -0.1) is 0 Å². The maximum Gasteiger partial charge on any atom is 0.283 e. The Kier molecular flexibility index (Phi) is 8.24. The predicted molar refractivity (Wildman–Crippen MR) is 137 cm³/mol. The fourth-order valence-corrected chi connectivity index (χ4v) is 3.42. The van der Waals surface area contributed by atoms with Gasteiger partial charge in [0.1, 0.15) is 23.0 Å². The molecule has 0 saturated heterocycles. The highest BCUT2D eigenvalue weighted by Gasteiger charge is 2.22. The van der Waals surface area contributed by atoms with Gasteiger partial charge in [-0.1, -0.05) is 12.2 Å². The van der Waals surface area contributed by atoms with Crippen molar-refractivity contribution < 1.29 is 28.8 Å². The molecule has 0 N–H and O–H groups in total. The maximum atomic E-state index is 11.7. The standard InChI is InChI=1S/C26H24N2O8/c1-33-21-9-17(10-22(14-21)34-2)5-7-19-13-20(26(28(31)32)16-25(19)27(29)30)8-6-18-11-23(35-3)15-24(12-18)36-4/h5-16H,1-4H3/b7-5+,8-6+. The second-order valence-corrected chi connectivity index (χ2v) is 7.44. The van der Waals surface area contributed by atoms with Gasteiger partial charge in [-0.2, -0.15) is 0 Å². The largest absolute Gasteiger partial charge is 0.497 e. The zero-order chi connectivity index (χ0) is 26.2. The van der Waals surface area contributed by atoms with E-state index in [0.29, 0.717) is 34.1 Å². The molecule has 0 saturated carbocycles. The van der Waals surface area contributed by atoms with Gasteiger partial charge in [-0.25, -0.2) is 0 Å². The van der Waals surface area contributed by atoms with Crippen molar-refractivity contribution in [2.75, 3.05) is 28.4 Å². The van der Waals surface area contributed by atoms with Crippen molar-refractivity contribution in [2.24, 2.45) is 0 Å². The van der Waals surface area contributed by atoms with E-state index in [2.05, 4.69) is 0 Å². The van der Waals surface area contributed by atoms with Gasteiger partial charge in [0.25, 0.3) is 11.4 Å². The van der Waals surface area contributed by atoms with E-state index in [1.165, 1.54) is 46.7 Å². The first-order valence-electron chi connectivity index (χ1n) is 10.6. The van der Waals surface area contributed by atoms with E-state index in [9.17, 15) is 20.2 Å². The van der Waals surface area contributed by atoms with Crippen LogP contribution in [0.3, 0.4) is 0 Å². The third-order valence-electron chi connectivity index (χ3n) is 5.23. The summed E-state index contributed by atoms with van der Waals surface area (Å²) < 4.78 is 21.0. The summed E-state index contributed by atoms with van der Waals surface area (Å²) in [6.45, 7) is 0. The number of benzene rings is 3. The van der Waals surface area contributed by atoms with Crippen LogP contribution < -0.4 is 18.9 Å². The molecule has 10 heteroatoms. The lowest BCUT2D eigenvalue weighted by atomic mass is 10.0. The number of hydrogen-bond donors (Lipinski definition) is 0. The van der Waals surface area contributed by atoms with Crippen molar-refractivity contribution in [1.29, 1.82) is 0 Å². The van der Waals surface area contributed by atoms with Crippen LogP contribution in [0.4, 0.5) is 11.4 Å². The first kappa shape index (κ1) is 25.8. The minimum Gasteiger partial charge on any atom is -0.497 e. The molecule has 186 valence electrons. The third kappa shape index (κ3) is 6.17. The van der Waals surface area contributed by atoms with Crippen LogP contribution in [0.5, 0.6) is 23.0 Å². The Morgan fingerprint density at radius 1 is 0.528 bits per heavy atom. The Morgan fingerprint density at radius 2 is 0.861 bits per heavy atom. The number of rotatable bonds is 10. The third-order valence-corrected chi connectivity index (χ3v) is 5.23.